The van der Waals surface area contributed by atoms with Gasteiger partial charge in [0.05, 0.1) is 0 Å². The Bertz CT molecular complexity index is 196. The predicted molar refractivity (Wildman–Crippen MR) is 52.2 cm³/mol. The van der Waals surface area contributed by atoms with Crippen LogP contribution in [0.4, 0.5) is 0 Å². The van der Waals surface area contributed by atoms with Crippen molar-refractivity contribution in [3.05, 3.63) is 22.7 Å². The van der Waals surface area contributed by atoms with Crippen LogP contribution in [0.3, 0.4) is 0 Å². The average molecular weight is 172 g/mol. The van der Waals surface area contributed by atoms with Gasteiger partial charge in [0.25, 0.3) is 0 Å². The zero-order chi connectivity index (χ0) is 7.56. The molecule has 1 rings (SSSR count). The Morgan fingerprint density at radius 1 is 1.30 bits per heavy atom. The Kier molecular flexibility index (Phi) is 2.88. The lowest BCUT2D eigenvalue weighted by Gasteiger charge is -1.89. The SMILES string of the molecule is CCSp1cc(C)c(C)c1. The third-order valence-electron chi connectivity index (χ3n) is 1.54. The Morgan fingerprint density at radius 2 is 1.80 bits per heavy atom. The second-order valence-electron chi connectivity index (χ2n) is 2.40. The van der Waals surface area contributed by atoms with Gasteiger partial charge in [0.1, 0.15) is 0 Å². The van der Waals surface area contributed by atoms with E-state index in [0.717, 1.165) is 0 Å². The van der Waals surface area contributed by atoms with E-state index in [-0.39, 0.29) is 6.74 Å². The lowest BCUT2D eigenvalue weighted by Crippen LogP contribution is -1.63. The first-order chi connectivity index (χ1) is 4.74. The van der Waals surface area contributed by atoms with E-state index in [1.807, 2.05) is 0 Å². The van der Waals surface area contributed by atoms with Gasteiger partial charge in [0.2, 0.25) is 0 Å². The molecule has 2 heteroatoms. The highest BCUT2D eigenvalue weighted by molar-refractivity contribution is 8.52. The van der Waals surface area contributed by atoms with E-state index in [9.17, 15) is 0 Å². The first-order valence-corrected chi connectivity index (χ1v) is 6.59. The molecule has 0 saturated heterocycles. The van der Waals surface area contributed by atoms with Crippen LogP contribution in [0.2, 0.25) is 0 Å². The second kappa shape index (κ2) is 3.50. The molecule has 0 aliphatic heterocycles. The van der Waals surface area contributed by atoms with Crippen molar-refractivity contribution in [1.29, 1.82) is 0 Å². The van der Waals surface area contributed by atoms with Gasteiger partial charge in [-0.25, -0.2) is 0 Å². The molecule has 0 atom stereocenters. The van der Waals surface area contributed by atoms with Crippen LogP contribution in [-0.2, 0) is 0 Å². The zero-order valence-electron chi connectivity index (χ0n) is 6.72. The summed E-state index contributed by atoms with van der Waals surface area (Å²) in [6, 6.07) is 0. The molecule has 0 aliphatic rings. The van der Waals surface area contributed by atoms with E-state index in [1.165, 1.54) is 16.9 Å². The molecule has 0 spiro atoms. The second-order valence-corrected chi connectivity index (χ2v) is 6.51. The van der Waals surface area contributed by atoms with E-state index >= 15 is 0 Å². The van der Waals surface area contributed by atoms with Gasteiger partial charge >= 0.3 is 0 Å². The standard InChI is InChI=1S/C8H13PS/c1-4-10-9-5-7(2)8(3)6-9/h5-6H,4H2,1-3H3. The molecule has 0 N–H and O–H groups in total. The maximum absolute atomic E-state index is 2.40. The fourth-order valence-electron chi connectivity index (χ4n) is 0.846. The van der Waals surface area contributed by atoms with Gasteiger partial charge in [0, 0.05) is 0 Å². The van der Waals surface area contributed by atoms with Crippen molar-refractivity contribution in [3.8, 4) is 0 Å². The zero-order valence-corrected chi connectivity index (χ0v) is 8.43. The maximum Gasteiger partial charge on any atom is -0.00131 e. The van der Waals surface area contributed by atoms with Crippen molar-refractivity contribution in [2.24, 2.45) is 0 Å². The van der Waals surface area contributed by atoms with Gasteiger partial charge < -0.3 is 0 Å². The predicted octanol–water partition coefficient (Wildman–Crippen LogP) is 3.81. The summed E-state index contributed by atoms with van der Waals surface area (Å²) in [6.45, 7) is 6.69. The quantitative estimate of drug-likeness (QED) is 0.653. The van der Waals surface area contributed by atoms with E-state index in [1.54, 1.807) is 0 Å². The highest BCUT2D eigenvalue weighted by Gasteiger charge is 1.97. The van der Waals surface area contributed by atoms with E-state index in [0.29, 0.717) is 0 Å². The average Bonchev–Trinajstić information content (AvgIpc) is 2.14. The van der Waals surface area contributed by atoms with Crippen molar-refractivity contribution in [2.75, 3.05) is 5.75 Å². The summed E-state index contributed by atoms with van der Waals surface area (Å²) in [6.07, 6.45) is 0. The van der Waals surface area contributed by atoms with Gasteiger partial charge in [-0.1, -0.05) is 13.7 Å². The monoisotopic (exact) mass is 172 g/mol. The summed E-state index contributed by atoms with van der Waals surface area (Å²) in [5.74, 6) is 6.04. The third kappa shape index (κ3) is 1.81. The van der Waals surface area contributed by atoms with E-state index in [4.69, 9.17) is 0 Å². The molecule has 0 aliphatic carbocycles. The molecule has 0 nitrogen and oxygen atoms in total. The smallest absolute Gasteiger partial charge is 0.00131 e. The highest BCUT2D eigenvalue weighted by atomic mass is 32.7. The van der Waals surface area contributed by atoms with Crippen molar-refractivity contribution >= 4 is 18.1 Å². The molecule has 56 valence electrons. The molecule has 0 saturated carbocycles. The number of rotatable bonds is 2. The van der Waals surface area contributed by atoms with Crippen LogP contribution < -0.4 is 0 Å². The molecule has 0 amide bonds. The fourth-order valence-corrected chi connectivity index (χ4v) is 4.83. The summed E-state index contributed by atoms with van der Waals surface area (Å²) in [7, 11) is 0. The summed E-state index contributed by atoms with van der Waals surface area (Å²) in [5, 5.41) is 0. The Hall–Kier alpha value is 0.130. The van der Waals surface area contributed by atoms with Crippen molar-refractivity contribution in [2.45, 2.75) is 20.8 Å². The minimum atomic E-state index is 0.0687. The van der Waals surface area contributed by atoms with Crippen molar-refractivity contribution in [1.82, 2.24) is 0 Å². The first kappa shape index (κ1) is 8.23. The molecular weight excluding hydrogens is 159 g/mol. The summed E-state index contributed by atoms with van der Waals surface area (Å²) in [4.78, 5) is 0. The van der Waals surface area contributed by atoms with E-state index in [2.05, 4.69) is 43.7 Å². The van der Waals surface area contributed by atoms with E-state index < -0.39 is 0 Å². The largest absolute Gasteiger partial charge is 0.107 e. The van der Waals surface area contributed by atoms with Crippen molar-refractivity contribution in [3.63, 3.8) is 0 Å². The molecule has 0 unspecified atom stereocenters. The molecule has 0 aromatic carbocycles. The van der Waals surface area contributed by atoms with Gasteiger partial charge in [-0.15, -0.1) is 11.4 Å². The van der Waals surface area contributed by atoms with Crippen LogP contribution in [0.15, 0.2) is 11.6 Å². The Labute approximate surface area is 67.8 Å². The minimum absolute atomic E-state index is 0.0687. The Balaban J connectivity index is 2.77. The van der Waals surface area contributed by atoms with Crippen LogP contribution in [0.5, 0.6) is 0 Å². The number of hydrogen-bond donors (Lipinski definition) is 0. The molecule has 1 aromatic rings. The normalized spacial score (nSPS) is 10.3. The van der Waals surface area contributed by atoms with Crippen molar-refractivity contribution < 1.29 is 0 Å². The minimum Gasteiger partial charge on any atom is -0.107 e. The summed E-state index contributed by atoms with van der Waals surface area (Å²) in [5.41, 5.74) is 2.96. The fraction of sp³-hybridized carbons (Fsp3) is 0.500. The molecule has 0 bridgehead atoms. The number of hydrogen-bond acceptors (Lipinski definition) is 1. The first-order valence-electron chi connectivity index (χ1n) is 3.52. The molecule has 0 fully saturated rings. The summed E-state index contributed by atoms with van der Waals surface area (Å²) >= 11 is 2.06. The van der Waals surface area contributed by atoms with Crippen LogP contribution in [0.1, 0.15) is 18.1 Å². The van der Waals surface area contributed by atoms with Gasteiger partial charge in [-0.05, 0) is 42.3 Å². The van der Waals surface area contributed by atoms with Gasteiger partial charge in [0.15, 0.2) is 0 Å². The van der Waals surface area contributed by atoms with Crippen LogP contribution in [0, 0.1) is 13.8 Å². The molecule has 1 aromatic heterocycles. The Morgan fingerprint density at radius 3 is 2.20 bits per heavy atom. The molecule has 10 heavy (non-hydrogen) atoms. The topological polar surface area (TPSA) is 0 Å². The molecule has 1 heterocycles. The maximum atomic E-state index is 2.40. The molecule has 0 radical (unpaired) electrons. The number of aryl methyl sites for hydroxylation is 2. The lowest BCUT2D eigenvalue weighted by atomic mass is 10.2. The van der Waals surface area contributed by atoms with Gasteiger partial charge in [-0.2, -0.15) is 0 Å². The van der Waals surface area contributed by atoms with Crippen LogP contribution in [-0.4, -0.2) is 5.75 Å². The lowest BCUT2D eigenvalue weighted by molar-refractivity contribution is 1.41. The summed E-state index contributed by atoms with van der Waals surface area (Å²) < 4.78 is 0. The van der Waals surface area contributed by atoms with Gasteiger partial charge in [-0.3, -0.25) is 0 Å². The third-order valence-corrected chi connectivity index (χ3v) is 5.68. The highest BCUT2D eigenvalue weighted by Crippen LogP contribution is 2.43. The van der Waals surface area contributed by atoms with Crippen LogP contribution >= 0.6 is 18.1 Å². The van der Waals surface area contributed by atoms with Crippen LogP contribution in [0.25, 0.3) is 0 Å². The molecular formula is C8H13PS.